The van der Waals surface area contributed by atoms with Gasteiger partial charge in [0.05, 0.1) is 34.0 Å². The Morgan fingerprint density at radius 2 is 2.03 bits per heavy atom. The van der Waals surface area contributed by atoms with E-state index in [1.807, 2.05) is 25.5 Å². The first-order chi connectivity index (χ1) is 16.9. The van der Waals surface area contributed by atoms with Gasteiger partial charge in [-0.25, -0.2) is 18.4 Å². The molecule has 3 N–H and O–H groups in total. The van der Waals surface area contributed by atoms with Crippen LogP contribution in [0.4, 0.5) is 0 Å². The molecule has 0 saturated carbocycles. The summed E-state index contributed by atoms with van der Waals surface area (Å²) in [5.41, 5.74) is 1.88. The van der Waals surface area contributed by atoms with E-state index < -0.39 is 21.4 Å². The highest BCUT2D eigenvalue weighted by molar-refractivity contribution is 7.89. The zero-order chi connectivity index (χ0) is 26.1. The van der Waals surface area contributed by atoms with E-state index in [9.17, 15) is 18.0 Å². The predicted octanol–water partition coefficient (Wildman–Crippen LogP) is 2.06. The number of ether oxygens (including phenoxy) is 2. The third-order valence-electron chi connectivity index (χ3n) is 6.98. The lowest BCUT2D eigenvalue weighted by Gasteiger charge is -2.36. The number of hydrogen-bond acceptors (Lipinski definition) is 7. The van der Waals surface area contributed by atoms with Crippen LogP contribution in [0.5, 0.6) is 0 Å². The average Bonchev–Trinajstić information content (AvgIpc) is 3.09. The van der Waals surface area contributed by atoms with Crippen LogP contribution in [0.1, 0.15) is 65.7 Å². The van der Waals surface area contributed by atoms with E-state index in [0.29, 0.717) is 38.3 Å². The number of fused-ring (bicyclic) bond motifs is 1. The number of rotatable bonds is 7. The van der Waals surface area contributed by atoms with Gasteiger partial charge in [0.15, 0.2) is 0 Å². The van der Waals surface area contributed by atoms with Crippen molar-refractivity contribution >= 4 is 21.9 Å². The fourth-order valence-electron chi connectivity index (χ4n) is 4.90. The van der Waals surface area contributed by atoms with Gasteiger partial charge in [0.2, 0.25) is 10.0 Å². The van der Waals surface area contributed by atoms with Gasteiger partial charge < -0.3 is 14.8 Å². The van der Waals surface area contributed by atoms with Gasteiger partial charge in [-0.1, -0.05) is 26.8 Å². The molecule has 0 bridgehead atoms. The Morgan fingerprint density at radius 3 is 2.69 bits per heavy atom. The zero-order valence-electron chi connectivity index (χ0n) is 21.0. The van der Waals surface area contributed by atoms with Crippen molar-refractivity contribution in [3.05, 3.63) is 46.8 Å². The first kappa shape index (κ1) is 26.3. The normalized spacial score (nSPS) is 17.8. The van der Waals surface area contributed by atoms with E-state index in [0.717, 1.165) is 30.7 Å². The Morgan fingerprint density at radius 1 is 1.31 bits per heavy atom. The molecule has 1 aromatic carbocycles. The van der Waals surface area contributed by atoms with Gasteiger partial charge in [-0.3, -0.25) is 9.48 Å². The third kappa shape index (κ3) is 5.63. The van der Waals surface area contributed by atoms with E-state index in [1.54, 1.807) is 0 Å². The minimum Gasteiger partial charge on any atom is -0.461 e. The molecule has 196 valence electrons. The molecule has 4 rings (SSSR count). The van der Waals surface area contributed by atoms with Gasteiger partial charge in [0.1, 0.15) is 0 Å². The van der Waals surface area contributed by atoms with Crippen molar-refractivity contribution in [1.29, 1.82) is 0 Å². The Bertz CT molecular complexity index is 1260. The summed E-state index contributed by atoms with van der Waals surface area (Å²) in [6.07, 6.45) is 3.11. The Hall–Kier alpha value is -2.76. The maximum Gasteiger partial charge on any atom is 0.338 e. The molecule has 2 aliphatic rings. The van der Waals surface area contributed by atoms with Crippen molar-refractivity contribution in [2.75, 3.05) is 26.4 Å². The highest BCUT2D eigenvalue weighted by atomic mass is 32.2. The Balaban J connectivity index is 1.53. The van der Waals surface area contributed by atoms with Gasteiger partial charge in [-0.2, -0.15) is 5.10 Å². The van der Waals surface area contributed by atoms with Crippen molar-refractivity contribution in [3.63, 3.8) is 0 Å². The smallest absolute Gasteiger partial charge is 0.338 e. The van der Waals surface area contributed by atoms with Gasteiger partial charge in [0.25, 0.3) is 5.91 Å². The fraction of sp³-hybridized carbons (Fsp3) is 0.560. The summed E-state index contributed by atoms with van der Waals surface area (Å²) < 4.78 is 36.3. The molecule has 11 heteroatoms. The maximum absolute atomic E-state index is 13.0. The molecule has 10 nitrogen and oxygen atoms in total. The Labute approximate surface area is 211 Å². The number of esters is 1. The number of aromatic nitrogens is 2. The number of carbonyl (C=O) groups is 2. The van der Waals surface area contributed by atoms with Crippen LogP contribution < -0.4 is 10.5 Å². The second-order valence-electron chi connectivity index (χ2n) is 10.6. The van der Waals surface area contributed by atoms with Gasteiger partial charge in [-0.05, 0) is 49.3 Å². The number of carbonyl (C=O) groups excluding carboxylic acids is 2. The molecule has 2 aliphatic heterocycles. The van der Waals surface area contributed by atoms with Crippen LogP contribution in [-0.4, -0.2) is 56.4 Å². The number of amides is 1. The number of benzene rings is 1. The lowest BCUT2D eigenvalue weighted by Crippen LogP contribution is -2.41. The van der Waals surface area contributed by atoms with Crippen molar-refractivity contribution in [1.82, 2.24) is 15.1 Å². The highest BCUT2D eigenvalue weighted by Crippen LogP contribution is 2.38. The van der Waals surface area contributed by atoms with E-state index in [-0.39, 0.29) is 28.4 Å². The van der Waals surface area contributed by atoms with Crippen LogP contribution in [0, 0.1) is 10.8 Å². The second-order valence-corrected chi connectivity index (χ2v) is 12.1. The van der Waals surface area contributed by atoms with Crippen LogP contribution in [0.15, 0.2) is 29.2 Å². The summed E-state index contributed by atoms with van der Waals surface area (Å²) in [5, 5.41) is 13.1. The molecule has 0 radical (unpaired) electrons. The molecule has 0 unspecified atom stereocenters. The third-order valence-corrected chi connectivity index (χ3v) is 7.89. The lowest BCUT2D eigenvalue weighted by molar-refractivity contribution is 0.0145. The first-order valence-electron chi connectivity index (χ1n) is 12.2. The summed E-state index contributed by atoms with van der Waals surface area (Å²) in [6, 6.07) is 5.46. The molecule has 1 saturated heterocycles. The SMILES string of the molecule is CCc1nn(CC(C)(C)COC(=O)c2cccc(S(N)(=O)=O)c2)c2c1C(=O)NCC1(CCOCC1)C2. The molecule has 1 aromatic heterocycles. The lowest BCUT2D eigenvalue weighted by atomic mass is 9.76. The van der Waals surface area contributed by atoms with Gasteiger partial charge >= 0.3 is 5.97 Å². The largest absolute Gasteiger partial charge is 0.461 e. The Kier molecular flexibility index (Phi) is 7.27. The van der Waals surface area contributed by atoms with Crippen molar-refractivity contribution < 1.29 is 27.5 Å². The number of nitrogens with one attached hydrogen (secondary N) is 1. The molecular weight excluding hydrogens is 484 g/mol. The fourth-order valence-corrected chi connectivity index (χ4v) is 5.46. The molecule has 1 amide bonds. The highest BCUT2D eigenvalue weighted by Gasteiger charge is 2.40. The van der Waals surface area contributed by atoms with E-state index in [4.69, 9.17) is 19.7 Å². The maximum atomic E-state index is 13.0. The van der Waals surface area contributed by atoms with E-state index in [2.05, 4.69) is 5.32 Å². The van der Waals surface area contributed by atoms with Crippen molar-refractivity contribution in [2.45, 2.75) is 57.9 Å². The molecule has 1 spiro atoms. The van der Waals surface area contributed by atoms with Crippen LogP contribution >= 0.6 is 0 Å². The second kappa shape index (κ2) is 9.95. The molecule has 1 fully saturated rings. The summed E-state index contributed by atoms with van der Waals surface area (Å²) in [4.78, 5) is 25.5. The number of sulfonamides is 1. The van der Waals surface area contributed by atoms with E-state index in [1.165, 1.54) is 24.3 Å². The monoisotopic (exact) mass is 518 g/mol. The number of nitrogens with zero attached hydrogens (tertiary/aromatic N) is 2. The standard InChI is InChI=1S/C25H34N4O6S/c1-4-19-21-20(13-25(14-27-22(21)30)8-10-34-11-9-25)29(28-19)15-24(2,3)16-35-23(31)17-6-5-7-18(12-17)36(26,32)33/h5-7,12H,4,8-11,13-16H2,1-3H3,(H,27,30)(H2,26,32,33). The van der Waals surface area contributed by atoms with Crippen molar-refractivity contribution in [3.8, 4) is 0 Å². The summed E-state index contributed by atoms with van der Waals surface area (Å²) in [7, 11) is -3.93. The van der Waals surface area contributed by atoms with Crippen LogP contribution in [0.2, 0.25) is 0 Å². The zero-order valence-corrected chi connectivity index (χ0v) is 21.8. The van der Waals surface area contributed by atoms with Crippen LogP contribution in [0.25, 0.3) is 0 Å². The predicted molar refractivity (Wildman–Crippen MR) is 132 cm³/mol. The molecular formula is C25H34N4O6S. The summed E-state index contributed by atoms with van der Waals surface area (Å²) >= 11 is 0. The molecule has 0 aliphatic carbocycles. The quantitative estimate of drug-likeness (QED) is 0.534. The minimum absolute atomic E-state index is 0.0626. The number of aryl methyl sites for hydroxylation is 1. The summed E-state index contributed by atoms with van der Waals surface area (Å²) in [5.74, 6) is -0.724. The minimum atomic E-state index is -3.93. The van der Waals surface area contributed by atoms with Gasteiger partial charge in [0, 0.05) is 31.7 Å². The molecule has 2 aromatic rings. The topological polar surface area (TPSA) is 143 Å². The molecule has 3 heterocycles. The van der Waals surface area contributed by atoms with Crippen molar-refractivity contribution in [2.24, 2.45) is 16.0 Å². The van der Waals surface area contributed by atoms with Crippen LogP contribution in [0.3, 0.4) is 0 Å². The number of primary sulfonamides is 1. The summed E-state index contributed by atoms with van der Waals surface area (Å²) in [6.45, 7) is 8.39. The van der Waals surface area contributed by atoms with E-state index >= 15 is 0 Å². The number of hydrogen-bond donors (Lipinski definition) is 2. The number of nitrogens with two attached hydrogens (primary N) is 1. The average molecular weight is 519 g/mol. The molecule has 36 heavy (non-hydrogen) atoms. The molecule has 0 atom stereocenters. The first-order valence-corrected chi connectivity index (χ1v) is 13.7. The van der Waals surface area contributed by atoms with Gasteiger partial charge in [-0.15, -0.1) is 0 Å². The van der Waals surface area contributed by atoms with Crippen LogP contribution in [-0.2, 0) is 38.9 Å².